The predicted octanol–water partition coefficient (Wildman–Crippen LogP) is 1.82. The average molecular weight is 337 g/mol. The average Bonchev–Trinajstić information content (AvgIpc) is 3.09. The summed E-state index contributed by atoms with van der Waals surface area (Å²) in [5.74, 6) is 1.37. The summed E-state index contributed by atoms with van der Waals surface area (Å²) in [5, 5.41) is 12.5. The van der Waals surface area contributed by atoms with Gasteiger partial charge in [-0.25, -0.2) is 9.97 Å². The first-order valence-electron chi connectivity index (χ1n) is 8.05. The van der Waals surface area contributed by atoms with Crippen LogP contribution in [0.3, 0.4) is 0 Å². The zero-order valence-electron chi connectivity index (χ0n) is 13.6. The molecule has 1 amide bonds. The van der Waals surface area contributed by atoms with Gasteiger partial charge in [0, 0.05) is 31.8 Å². The summed E-state index contributed by atoms with van der Waals surface area (Å²) in [4.78, 5) is 24.2. The van der Waals surface area contributed by atoms with Crippen LogP contribution in [-0.4, -0.2) is 37.6 Å². The van der Waals surface area contributed by atoms with Crippen LogP contribution in [0.25, 0.3) is 0 Å². The summed E-state index contributed by atoms with van der Waals surface area (Å²) in [5.41, 5.74) is 1.23. The van der Waals surface area contributed by atoms with Crippen molar-refractivity contribution in [3.8, 4) is 0 Å². The first kappa shape index (κ1) is 16.6. The van der Waals surface area contributed by atoms with E-state index >= 15 is 0 Å². The summed E-state index contributed by atoms with van der Waals surface area (Å²) in [6, 6.07) is 11.9. The number of nitrogens with zero attached hydrogens (tertiary/aromatic N) is 4. The van der Waals surface area contributed by atoms with Crippen molar-refractivity contribution in [1.82, 2.24) is 25.1 Å². The highest BCUT2D eigenvalue weighted by Gasteiger charge is 2.08. The number of nitrogens with one attached hydrogen (secondary N) is 3. The molecular weight excluding hydrogens is 318 g/mol. The summed E-state index contributed by atoms with van der Waals surface area (Å²) in [6.07, 6.45) is 5.15. The minimum absolute atomic E-state index is 0.169. The number of rotatable bonds is 8. The van der Waals surface area contributed by atoms with Crippen LogP contribution in [0.2, 0.25) is 0 Å². The molecule has 25 heavy (non-hydrogen) atoms. The minimum atomic E-state index is -0.169. The first-order chi connectivity index (χ1) is 12.3. The molecule has 128 valence electrons. The third-order valence-electron chi connectivity index (χ3n) is 3.48. The van der Waals surface area contributed by atoms with E-state index in [0.29, 0.717) is 18.4 Å². The smallest absolute Gasteiger partial charge is 0.248 e. The highest BCUT2D eigenvalue weighted by molar-refractivity contribution is 5.89. The Labute approximate surface area is 145 Å². The third kappa shape index (κ3) is 5.38. The molecule has 1 aromatic carbocycles. The summed E-state index contributed by atoms with van der Waals surface area (Å²) >= 11 is 0. The Morgan fingerprint density at radius 2 is 1.80 bits per heavy atom. The van der Waals surface area contributed by atoms with Gasteiger partial charge in [-0.3, -0.25) is 15.2 Å². The van der Waals surface area contributed by atoms with E-state index in [2.05, 4.69) is 47.9 Å². The van der Waals surface area contributed by atoms with E-state index in [1.807, 2.05) is 18.2 Å². The number of aryl methyl sites for hydroxylation is 2. The number of aromatic amines is 1. The topological polar surface area (TPSA) is 108 Å². The molecular formula is C17H19N7O. The molecule has 3 N–H and O–H groups in total. The molecule has 0 fully saturated rings. The predicted molar refractivity (Wildman–Crippen MR) is 94.0 cm³/mol. The number of anilines is 2. The van der Waals surface area contributed by atoms with Crippen molar-refractivity contribution in [3.63, 3.8) is 0 Å². The van der Waals surface area contributed by atoms with Crippen molar-refractivity contribution in [2.75, 3.05) is 17.2 Å². The Kier molecular flexibility index (Phi) is 5.65. The fourth-order valence-corrected chi connectivity index (χ4v) is 2.24. The zero-order chi connectivity index (χ0) is 17.3. The number of carbonyl (C=O) groups excluding carboxylic acids is 1. The highest BCUT2D eigenvalue weighted by atomic mass is 16.1. The fraction of sp³-hybridized carbons (Fsp3) is 0.235. The Morgan fingerprint density at radius 3 is 2.60 bits per heavy atom. The largest absolute Gasteiger partial charge is 0.354 e. The number of H-pyrrole nitrogens is 1. The van der Waals surface area contributed by atoms with Gasteiger partial charge in [-0.05, 0) is 18.1 Å². The maximum atomic E-state index is 11.9. The lowest BCUT2D eigenvalue weighted by Crippen LogP contribution is -2.17. The molecule has 0 aliphatic heterocycles. The van der Waals surface area contributed by atoms with Gasteiger partial charge in [0.25, 0.3) is 0 Å². The van der Waals surface area contributed by atoms with Crippen molar-refractivity contribution in [2.24, 2.45) is 0 Å². The van der Waals surface area contributed by atoms with E-state index < -0.39 is 0 Å². The monoisotopic (exact) mass is 337 g/mol. The van der Waals surface area contributed by atoms with Crippen molar-refractivity contribution in [3.05, 3.63) is 60.2 Å². The van der Waals surface area contributed by atoms with Crippen LogP contribution >= 0.6 is 0 Å². The molecule has 0 radical (unpaired) electrons. The Bertz CT molecular complexity index is 789. The molecule has 0 aliphatic rings. The van der Waals surface area contributed by atoms with Gasteiger partial charge in [-0.15, -0.1) is 5.10 Å². The molecule has 8 heteroatoms. The van der Waals surface area contributed by atoms with E-state index in [4.69, 9.17) is 0 Å². The van der Waals surface area contributed by atoms with Gasteiger partial charge < -0.3 is 5.32 Å². The number of benzene rings is 1. The van der Waals surface area contributed by atoms with Crippen molar-refractivity contribution in [1.29, 1.82) is 0 Å². The molecule has 0 bridgehead atoms. The number of hydrogen-bond acceptors (Lipinski definition) is 6. The van der Waals surface area contributed by atoms with Crippen LogP contribution in [0.5, 0.6) is 0 Å². The van der Waals surface area contributed by atoms with Crippen LogP contribution < -0.4 is 10.6 Å². The van der Waals surface area contributed by atoms with Crippen molar-refractivity contribution in [2.45, 2.75) is 19.3 Å². The van der Waals surface area contributed by atoms with Crippen LogP contribution in [0.4, 0.5) is 11.9 Å². The second-order valence-electron chi connectivity index (χ2n) is 5.39. The van der Waals surface area contributed by atoms with Crippen LogP contribution in [0.15, 0.2) is 48.8 Å². The first-order valence-corrected chi connectivity index (χ1v) is 8.05. The van der Waals surface area contributed by atoms with Gasteiger partial charge in [0.1, 0.15) is 5.82 Å². The van der Waals surface area contributed by atoms with Gasteiger partial charge in [-0.1, -0.05) is 30.3 Å². The van der Waals surface area contributed by atoms with E-state index in [9.17, 15) is 4.79 Å². The lowest BCUT2D eigenvalue weighted by Gasteiger charge is -2.03. The highest BCUT2D eigenvalue weighted by Crippen LogP contribution is 2.06. The maximum Gasteiger partial charge on any atom is 0.248 e. The molecule has 0 unspecified atom stereocenters. The quantitative estimate of drug-likeness (QED) is 0.578. The number of carbonyl (C=O) groups is 1. The second-order valence-corrected chi connectivity index (χ2v) is 5.39. The maximum absolute atomic E-state index is 11.9. The lowest BCUT2D eigenvalue weighted by atomic mass is 10.1. The number of aromatic nitrogens is 5. The van der Waals surface area contributed by atoms with Gasteiger partial charge in [0.05, 0.1) is 0 Å². The molecule has 0 aliphatic carbocycles. The van der Waals surface area contributed by atoms with E-state index in [-0.39, 0.29) is 12.3 Å². The van der Waals surface area contributed by atoms with Gasteiger partial charge in [0.15, 0.2) is 0 Å². The standard InChI is InChI=1S/C17H19N7O/c25-15(9-12-20-16-18-10-4-11-19-16)22-17-21-14(23-24-17)8-7-13-5-2-1-3-6-13/h1-6,10-11H,7-9,12H2,(H,18,19,20)(H2,21,22,23,24,25). The molecule has 0 saturated carbocycles. The summed E-state index contributed by atoms with van der Waals surface area (Å²) in [6.45, 7) is 0.432. The minimum Gasteiger partial charge on any atom is -0.354 e. The normalized spacial score (nSPS) is 10.4. The SMILES string of the molecule is O=C(CCNc1ncccn1)Nc1n[nH]c(CCc2ccccc2)n1. The summed E-state index contributed by atoms with van der Waals surface area (Å²) in [7, 11) is 0. The van der Waals surface area contributed by atoms with Crippen LogP contribution in [-0.2, 0) is 17.6 Å². The second kappa shape index (κ2) is 8.53. The van der Waals surface area contributed by atoms with Gasteiger partial charge >= 0.3 is 0 Å². The lowest BCUT2D eigenvalue weighted by molar-refractivity contribution is -0.116. The van der Waals surface area contributed by atoms with Gasteiger partial charge in [0.2, 0.25) is 17.8 Å². The molecule has 0 atom stereocenters. The van der Waals surface area contributed by atoms with E-state index in [1.165, 1.54) is 5.56 Å². The molecule has 3 rings (SSSR count). The molecule has 8 nitrogen and oxygen atoms in total. The molecule has 0 saturated heterocycles. The number of hydrogen-bond donors (Lipinski definition) is 3. The van der Waals surface area contributed by atoms with Crippen LogP contribution in [0, 0.1) is 0 Å². The Balaban J connectivity index is 1.40. The van der Waals surface area contributed by atoms with E-state index in [1.54, 1.807) is 18.5 Å². The molecule has 0 spiro atoms. The Hall–Kier alpha value is -3.29. The number of amides is 1. The van der Waals surface area contributed by atoms with Crippen molar-refractivity contribution >= 4 is 17.8 Å². The fourth-order valence-electron chi connectivity index (χ4n) is 2.24. The third-order valence-corrected chi connectivity index (χ3v) is 3.48. The summed E-state index contributed by atoms with van der Waals surface area (Å²) < 4.78 is 0. The van der Waals surface area contributed by atoms with E-state index in [0.717, 1.165) is 18.7 Å². The zero-order valence-corrected chi connectivity index (χ0v) is 13.6. The van der Waals surface area contributed by atoms with Crippen molar-refractivity contribution < 1.29 is 4.79 Å². The molecule has 2 heterocycles. The molecule has 2 aromatic heterocycles. The Morgan fingerprint density at radius 1 is 1.00 bits per heavy atom. The van der Waals surface area contributed by atoms with Gasteiger partial charge in [-0.2, -0.15) is 4.98 Å². The van der Waals surface area contributed by atoms with Crippen LogP contribution in [0.1, 0.15) is 17.8 Å². The molecule has 3 aromatic rings.